The lowest BCUT2D eigenvalue weighted by molar-refractivity contribution is -0.118. The van der Waals surface area contributed by atoms with Crippen LogP contribution < -0.4 is 10.0 Å². The molecule has 0 aliphatic carbocycles. The van der Waals surface area contributed by atoms with Crippen molar-refractivity contribution >= 4 is 32.4 Å². The Balaban J connectivity index is 1.76. The van der Waals surface area contributed by atoms with Crippen LogP contribution >= 0.6 is 11.3 Å². The van der Waals surface area contributed by atoms with Gasteiger partial charge in [-0.2, -0.15) is 4.72 Å². The molecule has 1 unspecified atom stereocenters. The lowest BCUT2D eigenvalue weighted by Crippen LogP contribution is -2.44. The van der Waals surface area contributed by atoms with Crippen molar-refractivity contribution in [3.8, 4) is 10.6 Å². The minimum Gasteiger partial charge on any atom is -0.299 e. The van der Waals surface area contributed by atoms with E-state index in [4.69, 9.17) is 0 Å². The Hall–Kier alpha value is -2.62. The number of benzene rings is 2. The van der Waals surface area contributed by atoms with E-state index in [1.165, 1.54) is 23.5 Å². The summed E-state index contributed by atoms with van der Waals surface area (Å²) >= 11 is 1.24. The highest BCUT2D eigenvalue weighted by Gasteiger charge is 2.27. The quantitative estimate of drug-likeness (QED) is 0.550. The third-order valence-corrected chi connectivity index (χ3v) is 6.70. The Morgan fingerprint density at radius 3 is 2.33 bits per heavy atom. The van der Waals surface area contributed by atoms with Gasteiger partial charge in [-0.05, 0) is 31.4 Å². The lowest BCUT2D eigenvalue weighted by atomic mass is 10.0. The number of hydrogen-bond acceptors (Lipinski definition) is 6. The minimum atomic E-state index is -3.84. The number of nitrogens with zero attached hydrogens (tertiary/aromatic N) is 2. The molecular formula is C21H24N4O3S2. The highest BCUT2D eigenvalue weighted by Crippen LogP contribution is 2.26. The van der Waals surface area contributed by atoms with E-state index in [9.17, 15) is 13.2 Å². The fourth-order valence-corrected chi connectivity index (χ4v) is 4.78. The average molecular weight is 445 g/mol. The van der Waals surface area contributed by atoms with E-state index in [1.54, 1.807) is 12.1 Å². The highest BCUT2D eigenvalue weighted by atomic mass is 32.2. The maximum atomic E-state index is 12.9. The predicted octanol–water partition coefficient (Wildman–Crippen LogP) is 3.85. The molecule has 7 nitrogen and oxygen atoms in total. The molecule has 30 heavy (non-hydrogen) atoms. The second kappa shape index (κ2) is 9.46. The summed E-state index contributed by atoms with van der Waals surface area (Å²) in [7, 11) is -3.84. The molecule has 3 rings (SSSR count). The first-order chi connectivity index (χ1) is 14.2. The molecule has 0 saturated carbocycles. The summed E-state index contributed by atoms with van der Waals surface area (Å²) in [6.07, 6.45) is 0.348. The fourth-order valence-electron chi connectivity index (χ4n) is 2.82. The zero-order valence-corrected chi connectivity index (χ0v) is 18.6. The van der Waals surface area contributed by atoms with Crippen molar-refractivity contribution in [2.24, 2.45) is 5.92 Å². The molecule has 0 aliphatic rings. The van der Waals surface area contributed by atoms with Crippen molar-refractivity contribution in [3.63, 3.8) is 0 Å². The number of sulfonamides is 1. The van der Waals surface area contributed by atoms with Gasteiger partial charge in [0, 0.05) is 5.56 Å². The van der Waals surface area contributed by atoms with E-state index in [-0.39, 0.29) is 10.8 Å². The third-order valence-electron chi connectivity index (χ3n) is 4.33. The van der Waals surface area contributed by atoms with Crippen LogP contribution in [0.5, 0.6) is 0 Å². The van der Waals surface area contributed by atoms with Crippen molar-refractivity contribution < 1.29 is 13.2 Å². The molecule has 0 radical (unpaired) electrons. The predicted molar refractivity (Wildman–Crippen MR) is 119 cm³/mol. The summed E-state index contributed by atoms with van der Waals surface area (Å²) in [6.45, 7) is 5.74. The van der Waals surface area contributed by atoms with Crippen LogP contribution in [-0.4, -0.2) is 30.6 Å². The Bertz CT molecular complexity index is 1090. The van der Waals surface area contributed by atoms with E-state index in [2.05, 4.69) is 20.2 Å². The van der Waals surface area contributed by atoms with Gasteiger partial charge in [0.1, 0.15) is 11.0 Å². The van der Waals surface area contributed by atoms with Gasteiger partial charge in [-0.25, -0.2) is 8.42 Å². The summed E-state index contributed by atoms with van der Waals surface area (Å²) in [5.41, 5.74) is 1.85. The van der Waals surface area contributed by atoms with Crippen LogP contribution in [0.3, 0.4) is 0 Å². The van der Waals surface area contributed by atoms with Crippen molar-refractivity contribution in [3.05, 3.63) is 60.2 Å². The van der Waals surface area contributed by atoms with E-state index in [0.717, 1.165) is 11.1 Å². The van der Waals surface area contributed by atoms with E-state index in [1.807, 2.05) is 51.1 Å². The van der Waals surface area contributed by atoms with Crippen molar-refractivity contribution in [2.45, 2.75) is 38.1 Å². The zero-order valence-electron chi connectivity index (χ0n) is 17.0. The van der Waals surface area contributed by atoms with Crippen LogP contribution in [0.1, 0.15) is 25.8 Å². The zero-order chi connectivity index (χ0) is 21.7. The molecule has 0 spiro atoms. The molecule has 1 heterocycles. The van der Waals surface area contributed by atoms with Gasteiger partial charge in [0.15, 0.2) is 0 Å². The maximum Gasteiger partial charge on any atom is 0.244 e. The summed E-state index contributed by atoms with van der Waals surface area (Å²) in [5.74, 6) is -0.356. The van der Waals surface area contributed by atoms with Crippen LogP contribution in [0.4, 0.5) is 5.13 Å². The molecule has 1 aromatic heterocycles. The van der Waals surface area contributed by atoms with Gasteiger partial charge in [0.2, 0.25) is 21.1 Å². The molecular weight excluding hydrogens is 420 g/mol. The number of rotatable bonds is 8. The van der Waals surface area contributed by atoms with Crippen molar-refractivity contribution in [1.29, 1.82) is 0 Å². The topological polar surface area (TPSA) is 101 Å². The first-order valence-corrected chi connectivity index (χ1v) is 11.8. The molecule has 158 valence electrons. The van der Waals surface area contributed by atoms with Crippen LogP contribution in [0.25, 0.3) is 10.6 Å². The molecule has 0 fully saturated rings. The monoisotopic (exact) mass is 444 g/mol. The van der Waals surface area contributed by atoms with Crippen LogP contribution in [0.15, 0.2) is 59.5 Å². The standard InChI is InChI=1S/C21H24N4O3S2/c1-14(2)13-18(25-30(27,28)17-11-9-15(3)10-12-17)19(26)22-21-24-23-20(29-21)16-7-5-4-6-8-16/h4-12,14,18,25H,13H2,1-3H3,(H,22,24,26). The second-order valence-electron chi connectivity index (χ2n) is 7.38. The van der Waals surface area contributed by atoms with Gasteiger partial charge in [0.25, 0.3) is 0 Å². The number of hydrogen-bond donors (Lipinski definition) is 2. The first-order valence-electron chi connectivity index (χ1n) is 9.53. The normalized spacial score (nSPS) is 12.7. The Kier molecular flexibility index (Phi) is 6.96. The van der Waals surface area contributed by atoms with Gasteiger partial charge >= 0.3 is 0 Å². The van der Waals surface area contributed by atoms with Gasteiger partial charge in [-0.1, -0.05) is 73.2 Å². The molecule has 2 N–H and O–H groups in total. The molecule has 0 saturated heterocycles. The van der Waals surface area contributed by atoms with Crippen LogP contribution in [0, 0.1) is 12.8 Å². The van der Waals surface area contributed by atoms with Gasteiger partial charge in [0.05, 0.1) is 4.90 Å². The number of carbonyl (C=O) groups is 1. The number of amides is 1. The van der Waals surface area contributed by atoms with Crippen molar-refractivity contribution in [1.82, 2.24) is 14.9 Å². The maximum absolute atomic E-state index is 12.9. The first kappa shape index (κ1) is 22.1. The Morgan fingerprint density at radius 1 is 1.03 bits per heavy atom. The van der Waals surface area contributed by atoms with Gasteiger partial charge in [-0.3, -0.25) is 10.1 Å². The second-order valence-corrected chi connectivity index (χ2v) is 10.1. The third kappa shape index (κ3) is 5.71. The smallest absolute Gasteiger partial charge is 0.244 e. The molecule has 0 aliphatic heterocycles. The van der Waals surface area contributed by atoms with Crippen LogP contribution in [-0.2, 0) is 14.8 Å². The lowest BCUT2D eigenvalue weighted by Gasteiger charge is -2.19. The number of carbonyl (C=O) groups excluding carboxylic acids is 1. The molecule has 9 heteroatoms. The fraction of sp³-hybridized carbons (Fsp3) is 0.286. The van der Waals surface area contributed by atoms with E-state index >= 15 is 0 Å². The molecule has 1 amide bonds. The van der Waals surface area contributed by atoms with E-state index in [0.29, 0.717) is 16.6 Å². The average Bonchev–Trinajstić information content (AvgIpc) is 3.16. The van der Waals surface area contributed by atoms with Gasteiger partial charge in [-0.15, -0.1) is 10.2 Å². The number of anilines is 1. The number of aromatic nitrogens is 2. The summed E-state index contributed by atoms with van der Waals surface area (Å²) in [6, 6.07) is 15.1. The largest absolute Gasteiger partial charge is 0.299 e. The highest BCUT2D eigenvalue weighted by molar-refractivity contribution is 7.89. The molecule has 2 aromatic carbocycles. The van der Waals surface area contributed by atoms with Crippen molar-refractivity contribution in [2.75, 3.05) is 5.32 Å². The molecule has 0 bridgehead atoms. The van der Waals surface area contributed by atoms with Crippen LogP contribution in [0.2, 0.25) is 0 Å². The summed E-state index contributed by atoms with van der Waals surface area (Å²) in [5, 5.41) is 11.8. The van der Waals surface area contributed by atoms with Gasteiger partial charge < -0.3 is 0 Å². The minimum absolute atomic E-state index is 0.107. The Labute approximate surface area is 180 Å². The SMILES string of the molecule is Cc1ccc(S(=O)(=O)NC(CC(C)C)C(=O)Nc2nnc(-c3ccccc3)s2)cc1. The number of nitrogens with one attached hydrogen (secondary N) is 2. The molecule has 3 aromatic rings. The molecule has 1 atom stereocenters. The Morgan fingerprint density at radius 2 is 1.70 bits per heavy atom. The number of aryl methyl sites for hydroxylation is 1. The summed E-state index contributed by atoms with van der Waals surface area (Å²) < 4.78 is 28.1. The summed E-state index contributed by atoms with van der Waals surface area (Å²) in [4.78, 5) is 13.0. The van der Waals surface area contributed by atoms with E-state index < -0.39 is 22.0 Å².